The Kier molecular flexibility index (Phi) is 4.36. The van der Waals surface area contributed by atoms with Crippen LogP contribution in [-0.2, 0) is 4.79 Å². The van der Waals surface area contributed by atoms with Gasteiger partial charge in [-0.25, -0.2) is 14.2 Å². The van der Waals surface area contributed by atoms with Gasteiger partial charge < -0.3 is 10.4 Å². The molecule has 1 atom stereocenters. The second-order valence-corrected chi connectivity index (χ2v) is 7.29. The number of benzene rings is 1. The smallest absolute Gasteiger partial charge is 0.330 e. The van der Waals surface area contributed by atoms with Gasteiger partial charge in [-0.3, -0.25) is 4.79 Å². The first-order valence-electron chi connectivity index (χ1n) is 6.86. The van der Waals surface area contributed by atoms with Crippen LogP contribution in [0.3, 0.4) is 0 Å². The number of halogens is 1. The highest BCUT2D eigenvalue weighted by Gasteiger charge is 2.43. The largest absolute Gasteiger partial charge is 0.479 e. The summed E-state index contributed by atoms with van der Waals surface area (Å²) in [5.41, 5.74) is -0.912. The number of nitrogens with one attached hydrogen (secondary N) is 1. The first-order valence-corrected chi connectivity index (χ1v) is 8.83. The van der Waals surface area contributed by atoms with Gasteiger partial charge in [0.25, 0.3) is 5.91 Å². The fourth-order valence-corrected chi connectivity index (χ4v) is 4.47. The Labute approximate surface area is 139 Å². The van der Waals surface area contributed by atoms with Crippen LogP contribution >= 0.6 is 23.1 Å². The minimum absolute atomic E-state index is 0.265. The number of nitrogens with zero attached hydrogens (tertiary/aromatic N) is 1. The number of thioether (sulfide) groups is 1. The Morgan fingerprint density at radius 2 is 2.13 bits per heavy atom. The molecule has 8 heteroatoms. The molecule has 0 spiro atoms. The number of rotatable bonds is 4. The molecule has 1 unspecified atom stereocenters. The summed E-state index contributed by atoms with van der Waals surface area (Å²) in [4.78, 5) is 28.1. The fourth-order valence-electron chi connectivity index (χ4n) is 2.30. The van der Waals surface area contributed by atoms with E-state index in [0.29, 0.717) is 28.5 Å². The Bertz CT molecular complexity index is 757. The highest BCUT2D eigenvalue weighted by molar-refractivity contribution is 7.99. The average molecular weight is 352 g/mol. The molecule has 2 heterocycles. The molecule has 3 rings (SSSR count). The summed E-state index contributed by atoms with van der Waals surface area (Å²) in [6.45, 7) is 0. The van der Waals surface area contributed by atoms with E-state index >= 15 is 0 Å². The third-order valence-electron chi connectivity index (χ3n) is 3.62. The molecular formula is C15H13FN2O3S2. The zero-order valence-electron chi connectivity index (χ0n) is 11.9. The minimum Gasteiger partial charge on any atom is -0.479 e. The van der Waals surface area contributed by atoms with Crippen molar-refractivity contribution in [3.05, 3.63) is 41.2 Å². The normalized spacial score (nSPS) is 20.4. The number of aliphatic carboxylic acids is 1. The average Bonchev–Trinajstić information content (AvgIpc) is 3.17. The highest BCUT2D eigenvalue weighted by Crippen LogP contribution is 2.30. The number of amides is 1. The van der Waals surface area contributed by atoms with Crippen molar-refractivity contribution in [3.8, 4) is 10.6 Å². The molecule has 1 saturated heterocycles. The molecule has 5 nitrogen and oxygen atoms in total. The fraction of sp³-hybridized carbons (Fsp3) is 0.267. The van der Waals surface area contributed by atoms with Gasteiger partial charge in [-0.2, -0.15) is 11.8 Å². The van der Waals surface area contributed by atoms with Crippen LogP contribution < -0.4 is 5.32 Å². The van der Waals surface area contributed by atoms with E-state index in [1.165, 1.54) is 24.0 Å². The lowest BCUT2D eigenvalue weighted by Gasteiger charge is -2.23. The molecule has 0 aliphatic carbocycles. The summed E-state index contributed by atoms with van der Waals surface area (Å²) in [6.07, 6.45) is 1.73. The number of hydrogen-bond acceptors (Lipinski definition) is 5. The first-order chi connectivity index (χ1) is 11.0. The number of thiazole rings is 1. The molecule has 23 heavy (non-hydrogen) atoms. The molecular weight excluding hydrogens is 339 g/mol. The van der Waals surface area contributed by atoms with Crippen LogP contribution in [0.1, 0.15) is 16.1 Å². The molecule has 0 radical (unpaired) electrons. The van der Waals surface area contributed by atoms with E-state index in [1.54, 1.807) is 18.2 Å². The van der Waals surface area contributed by atoms with Crippen LogP contribution in [0.2, 0.25) is 0 Å². The third-order valence-corrected chi connectivity index (χ3v) is 5.84. The molecule has 2 N–H and O–H groups in total. The lowest BCUT2D eigenvalue weighted by atomic mass is 9.99. The molecule has 1 aromatic carbocycles. The summed E-state index contributed by atoms with van der Waals surface area (Å²) >= 11 is 2.53. The second kappa shape index (κ2) is 6.29. The van der Waals surface area contributed by atoms with Crippen molar-refractivity contribution in [2.24, 2.45) is 0 Å². The minimum atomic E-state index is -1.23. The number of carbonyl (C=O) groups is 2. The van der Waals surface area contributed by atoms with Crippen molar-refractivity contribution in [2.75, 3.05) is 11.5 Å². The summed E-state index contributed by atoms with van der Waals surface area (Å²) < 4.78 is 13.8. The number of carboxylic acids is 1. The van der Waals surface area contributed by atoms with Crippen molar-refractivity contribution in [3.63, 3.8) is 0 Å². The van der Waals surface area contributed by atoms with Crippen LogP contribution in [0, 0.1) is 5.82 Å². The maximum absolute atomic E-state index is 13.8. The van der Waals surface area contributed by atoms with Crippen LogP contribution in [0.4, 0.5) is 4.39 Å². The molecule has 120 valence electrons. The van der Waals surface area contributed by atoms with Crippen LogP contribution in [0.15, 0.2) is 30.5 Å². The van der Waals surface area contributed by atoms with Crippen molar-refractivity contribution in [1.29, 1.82) is 0 Å². The molecule has 0 bridgehead atoms. The van der Waals surface area contributed by atoms with E-state index in [2.05, 4.69) is 10.3 Å². The van der Waals surface area contributed by atoms with Crippen molar-refractivity contribution in [2.45, 2.75) is 12.0 Å². The van der Waals surface area contributed by atoms with E-state index in [4.69, 9.17) is 0 Å². The number of carboxylic acid groups (broad SMARTS) is 1. The van der Waals surface area contributed by atoms with Gasteiger partial charge in [0.2, 0.25) is 0 Å². The summed E-state index contributed by atoms with van der Waals surface area (Å²) in [5, 5.41) is 12.4. The predicted octanol–water partition coefficient (Wildman–Crippen LogP) is 2.64. The maximum Gasteiger partial charge on any atom is 0.330 e. The molecule has 2 aromatic rings. The van der Waals surface area contributed by atoms with Gasteiger partial charge >= 0.3 is 5.97 Å². The zero-order valence-corrected chi connectivity index (χ0v) is 13.5. The molecule has 1 fully saturated rings. The van der Waals surface area contributed by atoms with Gasteiger partial charge in [-0.05, 0) is 24.3 Å². The topological polar surface area (TPSA) is 79.3 Å². The first kappa shape index (κ1) is 15.9. The van der Waals surface area contributed by atoms with Gasteiger partial charge in [0.05, 0.1) is 6.20 Å². The second-order valence-electron chi connectivity index (χ2n) is 5.15. The zero-order chi connectivity index (χ0) is 16.4. The van der Waals surface area contributed by atoms with Crippen molar-refractivity contribution in [1.82, 2.24) is 10.3 Å². The molecule has 1 aliphatic heterocycles. The summed E-state index contributed by atoms with van der Waals surface area (Å²) in [7, 11) is 0. The number of hydrogen-bond donors (Lipinski definition) is 2. The highest BCUT2D eigenvalue weighted by atomic mass is 32.2. The summed E-state index contributed by atoms with van der Waals surface area (Å²) in [6, 6.07) is 6.18. The lowest BCUT2D eigenvalue weighted by molar-refractivity contribution is -0.143. The molecule has 0 saturated carbocycles. The van der Waals surface area contributed by atoms with Gasteiger partial charge in [0.1, 0.15) is 21.2 Å². The predicted molar refractivity (Wildman–Crippen MR) is 87.3 cm³/mol. The maximum atomic E-state index is 13.8. The standard InChI is InChI=1S/C15H13FN2O3S2/c16-10-4-2-1-3-9(10)13-17-7-11(23-13)12(19)18-15(14(20)21)5-6-22-8-15/h1-4,7H,5-6,8H2,(H,18,19)(H,20,21). The Hall–Kier alpha value is -1.93. The van der Waals surface area contributed by atoms with Gasteiger partial charge in [0.15, 0.2) is 0 Å². The van der Waals surface area contributed by atoms with E-state index in [1.807, 2.05) is 0 Å². The SMILES string of the molecule is O=C(NC1(C(=O)O)CCSC1)c1cnc(-c2ccccc2F)s1. The summed E-state index contributed by atoms with van der Waals surface area (Å²) in [5.74, 6) is -0.907. The van der Waals surface area contributed by atoms with Gasteiger partial charge in [0, 0.05) is 11.3 Å². The molecule has 1 aromatic heterocycles. The van der Waals surface area contributed by atoms with Crippen LogP contribution in [-0.4, -0.2) is 39.0 Å². The third kappa shape index (κ3) is 3.09. The Balaban J connectivity index is 1.82. The number of carbonyl (C=O) groups excluding carboxylic acids is 1. The lowest BCUT2D eigenvalue weighted by Crippen LogP contribution is -2.54. The monoisotopic (exact) mass is 352 g/mol. The van der Waals surface area contributed by atoms with E-state index in [0.717, 1.165) is 11.3 Å². The van der Waals surface area contributed by atoms with Crippen LogP contribution in [0.25, 0.3) is 10.6 Å². The van der Waals surface area contributed by atoms with Gasteiger partial charge in [-0.15, -0.1) is 11.3 Å². The number of aromatic nitrogens is 1. The van der Waals surface area contributed by atoms with E-state index < -0.39 is 23.2 Å². The van der Waals surface area contributed by atoms with E-state index in [-0.39, 0.29) is 4.88 Å². The molecule has 1 amide bonds. The Morgan fingerprint density at radius 3 is 2.78 bits per heavy atom. The van der Waals surface area contributed by atoms with E-state index in [9.17, 15) is 19.1 Å². The van der Waals surface area contributed by atoms with Gasteiger partial charge in [-0.1, -0.05) is 12.1 Å². The van der Waals surface area contributed by atoms with Crippen molar-refractivity contribution >= 4 is 35.0 Å². The quantitative estimate of drug-likeness (QED) is 0.884. The van der Waals surface area contributed by atoms with Crippen LogP contribution in [0.5, 0.6) is 0 Å². The van der Waals surface area contributed by atoms with Crippen molar-refractivity contribution < 1.29 is 19.1 Å². The Morgan fingerprint density at radius 1 is 1.35 bits per heavy atom. The molecule has 1 aliphatic rings.